The molecule has 1 saturated heterocycles. The van der Waals surface area contributed by atoms with Gasteiger partial charge in [-0.2, -0.15) is 13.2 Å². The van der Waals surface area contributed by atoms with Gasteiger partial charge in [0.2, 0.25) is 5.91 Å². The quantitative estimate of drug-likeness (QED) is 0.429. The Kier molecular flexibility index (Phi) is 7.67. The Bertz CT molecular complexity index is 1240. The summed E-state index contributed by atoms with van der Waals surface area (Å²) in [5, 5.41) is 11.6. The minimum atomic E-state index is -4.49. The average Bonchev–Trinajstić information content (AvgIpc) is 3.49. The van der Waals surface area contributed by atoms with Crippen molar-refractivity contribution in [3.63, 3.8) is 0 Å². The van der Waals surface area contributed by atoms with Crippen LogP contribution in [0.5, 0.6) is 0 Å². The van der Waals surface area contributed by atoms with Crippen LogP contribution in [-0.4, -0.2) is 43.8 Å². The molecule has 7 nitrogen and oxygen atoms in total. The number of benzene rings is 2. The molecule has 36 heavy (non-hydrogen) atoms. The Hall–Kier alpha value is -3.34. The van der Waals surface area contributed by atoms with Crippen molar-refractivity contribution in [1.82, 2.24) is 19.7 Å². The normalized spacial score (nSPS) is 15.8. The third-order valence-corrected chi connectivity index (χ3v) is 6.94. The van der Waals surface area contributed by atoms with Gasteiger partial charge in [0.05, 0.1) is 17.4 Å². The zero-order chi connectivity index (χ0) is 25.9. The lowest BCUT2D eigenvalue weighted by atomic mass is 10.1. The van der Waals surface area contributed by atoms with E-state index in [4.69, 9.17) is 0 Å². The second kappa shape index (κ2) is 10.7. The van der Waals surface area contributed by atoms with Gasteiger partial charge in [-0.15, -0.1) is 10.2 Å². The van der Waals surface area contributed by atoms with Crippen molar-refractivity contribution in [3.05, 3.63) is 71.0 Å². The van der Waals surface area contributed by atoms with Gasteiger partial charge in [0, 0.05) is 24.3 Å². The zero-order valence-electron chi connectivity index (χ0n) is 19.9. The number of halogens is 3. The number of likely N-dealkylation sites (tertiary alicyclic amines) is 1. The van der Waals surface area contributed by atoms with E-state index in [1.807, 2.05) is 47.6 Å². The summed E-state index contributed by atoms with van der Waals surface area (Å²) in [4.78, 5) is 27.4. The van der Waals surface area contributed by atoms with E-state index >= 15 is 0 Å². The van der Waals surface area contributed by atoms with Crippen molar-refractivity contribution < 1.29 is 22.8 Å². The monoisotopic (exact) mass is 517 g/mol. The molecule has 4 rings (SSSR count). The summed E-state index contributed by atoms with van der Waals surface area (Å²) in [6.45, 7) is 5.06. The number of aryl methyl sites for hydroxylation is 1. The smallest absolute Gasteiger partial charge is 0.328 e. The number of aromatic nitrogens is 3. The lowest BCUT2D eigenvalue weighted by molar-refractivity contribution is -0.137. The van der Waals surface area contributed by atoms with Gasteiger partial charge in [-0.25, -0.2) is 0 Å². The Balaban J connectivity index is 1.44. The lowest BCUT2D eigenvalue weighted by Crippen LogP contribution is -2.32. The summed E-state index contributed by atoms with van der Waals surface area (Å²) in [6.07, 6.45) is -2.88. The minimum Gasteiger partial charge on any atom is -0.328 e. The molecular formula is C25H26F3N5O2S. The highest BCUT2D eigenvalue weighted by atomic mass is 32.2. The van der Waals surface area contributed by atoms with Gasteiger partial charge < -0.3 is 14.8 Å². The second-order valence-electron chi connectivity index (χ2n) is 8.52. The van der Waals surface area contributed by atoms with E-state index in [-0.39, 0.29) is 23.4 Å². The molecule has 1 aromatic heterocycles. The van der Waals surface area contributed by atoms with Crippen molar-refractivity contribution in [2.45, 2.75) is 50.6 Å². The largest absolute Gasteiger partial charge is 0.416 e. The van der Waals surface area contributed by atoms with Crippen LogP contribution in [0.2, 0.25) is 0 Å². The number of anilines is 1. The summed E-state index contributed by atoms with van der Waals surface area (Å²) in [5.74, 6) is 0.100. The summed E-state index contributed by atoms with van der Waals surface area (Å²) in [7, 11) is 0. The topological polar surface area (TPSA) is 80.1 Å². The van der Waals surface area contributed by atoms with Gasteiger partial charge in [0.25, 0.3) is 5.91 Å². The van der Waals surface area contributed by atoms with Gasteiger partial charge in [-0.3, -0.25) is 9.59 Å². The van der Waals surface area contributed by atoms with Crippen LogP contribution in [-0.2, 0) is 17.5 Å². The van der Waals surface area contributed by atoms with Gasteiger partial charge >= 0.3 is 6.18 Å². The Morgan fingerprint density at radius 1 is 1.14 bits per heavy atom. The number of alkyl halides is 3. The molecule has 0 aliphatic carbocycles. The number of hydrogen-bond donors (Lipinski definition) is 1. The summed E-state index contributed by atoms with van der Waals surface area (Å²) >= 11 is 1.15. The summed E-state index contributed by atoms with van der Waals surface area (Å²) < 4.78 is 40.6. The van der Waals surface area contributed by atoms with Gasteiger partial charge in [-0.1, -0.05) is 35.5 Å². The van der Waals surface area contributed by atoms with Crippen molar-refractivity contribution in [2.75, 3.05) is 17.6 Å². The van der Waals surface area contributed by atoms with Crippen molar-refractivity contribution in [2.24, 2.45) is 0 Å². The molecule has 1 aliphatic heterocycles. The molecule has 2 amide bonds. The predicted molar refractivity (Wildman–Crippen MR) is 131 cm³/mol. The molecule has 0 radical (unpaired) electrons. The molecule has 0 saturated carbocycles. The van der Waals surface area contributed by atoms with E-state index in [1.165, 1.54) is 12.1 Å². The molecule has 190 valence electrons. The van der Waals surface area contributed by atoms with Crippen molar-refractivity contribution in [3.8, 4) is 0 Å². The molecule has 0 bridgehead atoms. The van der Waals surface area contributed by atoms with Crippen LogP contribution in [0.1, 0.15) is 53.1 Å². The van der Waals surface area contributed by atoms with E-state index < -0.39 is 17.6 Å². The van der Waals surface area contributed by atoms with Crippen molar-refractivity contribution in [1.29, 1.82) is 0 Å². The Labute approximate surface area is 211 Å². The lowest BCUT2D eigenvalue weighted by Gasteiger charge is -2.24. The van der Waals surface area contributed by atoms with E-state index in [2.05, 4.69) is 15.5 Å². The van der Waals surface area contributed by atoms with Crippen LogP contribution in [0.3, 0.4) is 0 Å². The maximum absolute atomic E-state index is 13.2. The maximum atomic E-state index is 13.2. The predicted octanol–water partition coefficient (Wildman–Crippen LogP) is 5.33. The molecule has 1 N–H and O–H groups in total. The maximum Gasteiger partial charge on any atom is 0.416 e. The molecule has 1 aliphatic rings. The standard InChI is InChI=1S/C25H26F3N5O2S/c1-3-32-22(20-8-5-13-33(20)23(35)17-11-9-16(2)10-12-17)30-31-24(32)36-15-21(34)29-19-7-4-6-18(14-19)25(26,27)28/h4,6-7,9-12,14,20H,3,5,8,13,15H2,1-2H3,(H,29,34). The number of nitrogens with one attached hydrogen (secondary N) is 1. The van der Waals surface area contributed by atoms with Crippen LogP contribution in [0.25, 0.3) is 0 Å². The number of hydrogen-bond acceptors (Lipinski definition) is 5. The van der Waals surface area contributed by atoms with Crippen LogP contribution in [0, 0.1) is 6.92 Å². The van der Waals surface area contributed by atoms with E-state index in [1.54, 1.807) is 0 Å². The number of amides is 2. The Morgan fingerprint density at radius 2 is 1.89 bits per heavy atom. The molecule has 3 aromatic rings. The molecule has 2 aromatic carbocycles. The SMILES string of the molecule is CCn1c(SCC(=O)Nc2cccc(C(F)(F)F)c2)nnc1C1CCCN1C(=O)c1ccc(C)cc1. The summed E-state index contributed by atoms with van der Waals surface area (Å²) in [6, 6.07) is 11.7. The Morgan fingerprint density at radius 3 is 2.58 bits per heavy atom. The van der Waals surface area contributed by atoms with Crippen LogP contribution < -0.4 is 5.32 Å². The number of rotatable bonds is 7. The third-order valence-electron chi connectivity index (χ3n) is 5.98. The van der Waals surface area contributed by atoms with Gasteiger partial charge in [0.15, 0.2) is 11.0 Å². The number of nitrogens with zero attached hydrogens (tertiary/aromatic N) is 4. The van der Waals surface area contributed by atoms with Crippen molar-refractivity contribution >= 4 is 29.3 Å². The van der Waals surface area contributed by atoms with Gasteiger partial charge in [0.1, 0.15) is 0 Å². The first-order valence-corrected chi connectivity index (χ1v) is 12.6. The highest BCUT2D eigenvalue weighted by molar-refractivity contribution is 7.99. The average molecular weight is 518 g/mol. The molecule has 1 unspecified atom stereocenters. The second-order valence-corrected chi connectivity index (χ2v) is 9.47. The van der Waals surface area contributed by atoms with Gasteiger partial charge in [-0.05, 0) is 57.0 Å². The molecule has 11 heteroatoms. The highest BCUT2D eigenvalue weighted by Crippen LogP contribution is 2.34. The molecule has 2 heterocycles. The van der Waals surface area contributed by atoms with Crippen LogP contribution >= 0.6 is 11.8 Å². The van der Waals surface area contributed by atoms with E-state index in [9.17, 15) is 22.8 Å². The number of carbonyl (C=O) groups excluding carboxylic acids is 2. The highest BCUT2D eigenvalue weighted by Gasteiger charge is 2.35. The van der Waals surface area contributed by atoms with E-state index in [0.717, 1.165) is 42.3 Å². The van der Waals surface area contributed by atoms with E-state index in [0.29, 0.717) is 29.6 Å². The first-order chi connectivity index (χ1) is 17.2. The first-order valence-electron chi connectivity index (χ1n) is 11.6. The zero-order valence-corrected chi connectivity index (χ0v) is 20.7. The van der Waals surface area contributed by atoms with Crippen LogP contribution in [0.15, 0.2) is 53.7 Å². The fourth-order valence-corrected chi connectivity index (χ4v) is 5.00. The molecule has 0 spiro atoms. The minimum absolute atomic E-state index is 0.0505. The third kappa shape index (κ3) is 5.72. The fourth-order valence-electron chi connectivity index (χ4n) is 4.19. The fraction of sp³-hybridized carbons (Fsp3) is 0.360. The van der Waals surface area contributed by atoms with Crippen LogP contribution in [0.4, 0.5) is 18.9 Å². The number of carbonyl (C=O) groups is 2. The summed E-state index contributed by atoms with van der Waals surface area (Å²) in [5.41, 5.74) is 0.943. The molecule has 1 atom stereocenters. The first kappa shape index (κ1) is 25.7. The molecule has 1 fully saturated rings. The number of thioether (sulfide) groups is 1. The molecular weight excluding hydrogens is 491 g/mol.